The van der Waals surface area contributed by atoms with E-state index in [2.05, 4.69) is 17.7 Å². The number of fused-ring (bicyclic) bond motifs is 1. The molecule has 2 nitrogen and oxygen atoms in total. The van der Waals surface area contributed by atoms with Gasteiger partial charge < -0.3 is 4.57 Å². The van der Waals surface area contributed by atoms with Crippen LogP contribution in [-0.4, -0.2) is 10.9 Å². The van der Waals surface area contributed by atoms with Crippen LogP contribution in [0.2, 0.25) is 0 Å². The maximum absolute atomic E-state index is 11.2. The van der Waals surface area contributed by atoms with Crippen LogP contribution in [0.1, 0.15) is 54.1 Å². The van der Waals surface area contributed by atoms with Crippen molar-refractivity contribution in [2.45, 2.75) is 52.0 Å². The third-order valence-electron chi connectivity index (χ3n) is 3.51. The number of aldehydes is 1. The molecule has 1 heterocycles. The molecular formula is C14H19NOS. The summed E-state index contributed by atoms with van der Waals surface area (Å²) in [5, 5.41) is 0. The topological polar surface area (TPSA) is 22.0 Å². The summed E-state index contributed by atoms with van der Waals surface area (Å²) in [6.07, 6.45) is 9.92. The second kappa shape index (κ2) is 5.58. The molecule has 3 heteroatoms. The molecular weight excluding hydrogens is 230 g/mol. The van der Waals surface area contributed by atoms with Crippen LogP contribution in [0.25, 0.3) is 0 Å². The molecule has 1 aromatic rings. The minimum absolute atomic E-state index is 0.731. The van der Waals surface area contributed by atoms with E-state index < -0.39 is 0 Å². The summed E-state index contributed by atoms with van der Waals surface area (Å²) in [6.45, 7) is 3.10. The van der Waals surface area contributed by atoms with Crippen molar-refractivity contribution in [2.75, 3.05) is 0 Å². The van der Waals surface area contributed by atoms with E-state index in [1.807, 2.05) is 0 Å². The third kappa shape index (κ3) is 2.49. The van der Waals surface area contributed by atoms with Gasteiger partial charge in [-0.3, -0.25) is 4.79 Å². The first kappa shape index (κ1) is 12.5. The highest BCUT2D eigenvalue weighted by atomic mass is 32.1. The van der Waals surface area contributed by atoms with E-state index >= 15 is 0 Å². The van der Waals surface area contributed by atoms with Gasteiger partial charge >= 0.3 is 0 Å². The number of unbranched alkanes of at least 4 members (excludes halogenated alkanes) is 1. The third-order valence-corrected chi connectivity index (χ3v) is 3.96. The van der Waals surface area contributed by atoms with Gasteiger partial charge in [-0.15, -0.1) is 0 Å². The van der Waals surface area contributed by atoms with Gasteiger partial charge in [0.25, 0.3) is 0 Å². The van der Waals surface area contributed by atoms with E-state index in [1.165, 1.54) is 24.0 Å². The zero-order chi connectivity index (χ0) is 12.3. The number of hydrogen-bond acceptors (Lipinski definition) is 2. The second-order valence-electron chi connectivity index (χ2n) is 4.72. The molecule has 0 aliphatic heterocycles. The molecule has 0 aromatic carbocycles. The van der Waals surface area contributed by atoms with E-state index in [0.717, 1.165) is 48.7 Å². The quantitative estimate of drug-likeness (QED) is 0.599. The van der Waals surface area contributed by atoms with Gasteiger partial charge in [0.1, 0.15) is 4.64 Å². The smallest absolute Gasteiger partial charge is 0.153 e. The standard InChI is InChI=1S/C14H19NOS/c1-2-3-8-15-9-11-6-4-5-7-12(11)13(10-16)14(15)17/h9-10H,2-8H2,1H3. The highest BCUT2D eigenvalue weighted by Gasteiger charge is 2.16. The van der Waals surface area contributed by atoms with E-state index in [9.17, 15) is 4.79 Å². The number of rotatable bonds is 4. The molecule has 2 rings (SSSR count). The monoisotopic (exact) mass is 249 g/mol. The van der Waals surface area contributed by atoms with Gasteiger partial charge in [-0.05, 0) is 43.2 Å². The Labute approximate surface area is 108 Å². The number of carbonyl (C=O) groups excluding carboxylic acids is 1. The average Bonchev–Trinajstić information content (AvgIpc) is 2.36. The summed E-state index contributed by atoms with van der Waals surface area (Å²) in [5.41, 5.74) is 3.32. The van der Waals surface area contributed by atoms with Crippen LogP contribution < -0.4 is 0 Å². The highest BCUT2D eigenvalue weighted by Crippen LogP contribution is 2.24. The fourth-order valence-electron chi connectivity index (χ4n) is 2.53. The lowest BCUT2D eigenvalue weighted by molar-refractivity contribution is 0.112. The predicted molar refractivity (Wildman–Crippen MR) is 72.2 cm³/mol. The molecule has 0 amide bonds. The van der Waals surface area contributed by atoms with Crippen LogP contribution >= 0.6 is 12.2 Å². The zero-order valence-electron chi connectivity index (χ0n) is 10.4. The summed E-state index contributed by atoms with van der Waals surface area (Å²) < 4.78 is 2.82. The minimum Gasteiger partial charge on any atom is -0.338 e. The fourth-order valence-corrected chi connectivity index (χ4v) is 2.84. The van der Waals surface area contributed by atoms with Gasteiger partial charge in [0.2, 0.25) is 0 Å². The van der Waals surface area contributed by atoms with Crippen molar-refractivity contribution in [1.82, 2.24) is 4.57 Å². The lowest BCUT2D eigenvalue weighted by Gasteiger charge is -2.20. The van der Waals surface area contributed by atoms with Gasteiger partial charge in [0.15, 0.2) is 6.29 Å². The zero-order valence-corrected chi connectivity index (χ0v) is 11.2. The molecule has 1 aromatic heterocycles. The summed E-state index contributed by atoms with van der Waals surface area (Å²) in [7, 11) is 0. The van der Waals surface area contributed by atoms with E-state index in [-0.39, 0.29) is 0 Å². The van der Waals surface area contributed by atoms with Crippen molar-refractivity contribution in [1.29, 1.82) is 0 Å². The van der Waals surface area contributed by atoms with Crippen molar-refractivity contribution in [3.63, 3.8) is 0 Å². The Balaban J connectivity index is 2.48. The maximum Gasteiger partial charge on any atom is 0.153 e. The first-order chi connectivity index (χ1) is 8.27. The molecule has 0 spiro atoms. The molecule has 0 bridgehead atoms. The van der Waals surface area contributed by atoms with Gasteiger partial charge in [-0.2, -0.15) is 0 Å². The normalized spacial score (nSPS) is 14.4. The number of pyridine rings is 1. The van der Waals surface area contributed by atoms with Crippen LogP contribution in [0.4, 0.5) is 0 Å². The molecule has 92 valence electrons. The molecule has 0 saturated carbocycles. The van der Waals surface area contributed by atoms with Crippen molar-refractivity contribution in [3.05, 3.63) is 27.5 Å². The first-order valence-corrected chi connectivity index (χ1v) is 6.89. The second-order valence-corrected chi connectivity index (χ2v) is 5.11. The average molecular weight is 249 g/mol. The Morgan fingerprint density at radius 2 is 2.18 bits per heavy atom. The predicted octanol–water partition coefficient (Wildman–Crippen LogP) is 3.71. The molecule has 0 atom stereocenters. The fraction of sp³-hybridized carbons (Fsp3) is 0.571. The van der Waals surface area contributed by atoms with Crippen molar-refractivity contribution < 1.29 is 4.79 Å². The Morgan fingerprint density at radius 1 is 1.41 bits per heavy atom. The Kier molecular flexibility index (Phi) is 4.11. The van der Waals surface area contributed by atoms with Gasteiger partial charge in [-0.25, -0.2) is 0 Å². The minimum atomic E-state index is 0.731. The number of hydrogen-bond donors (Lipinski definition) is 0. The number of carbonyl (C=O) groups is 1. The van der Waals surface area contributed by atoms with Crippen LogP contribution in [0, 0.1) is 4.64 Å². The van der Waals surface area contributed by atoms with Gasteiger partial charge in [0, 0.05) is 12.7 Å². The molecule has 0 radical (unpaired) electrons. The number of aromatic nitrogens is 1. The van der Waals surface area contributed by atoms with Crippen LogP contribution in [0.3, 0.4) is 0 Å². The highest BCUT2D eigenvalue weighted by molar-refractivity contribution is 7.71. The molecule has 0 fully saturated rings. The molecule has 0 unspecified atom stereocenters. The van der Waals surface area contributed by atoms with E-state index in [4.69, 9.17) is 12.2 Å². The summed E-state index contributed by atoms with van der Waals surface area (Å²) in [6, 6.07) is 0. The van der Waals surface area contributed by atoms with Crippen molar-refractivity contribution in [3.8, 4) is 0 Å². The molecule has 0 N–H and O–H groups in total. The molecule has 0 saturated heterocycles. The summed E-state index contributed by atoms with van der Waals surface area (Å²) >= 11 is 5.42. The Morgan fingerprint density at radius 3 is 2.88 bits per heavy atom. The summed E-state index contributed by atoms with van der Waals surface area (Å²) in [5.74, 6) is 0. The van der Waals surface area contributed by atoms with Gasteiger partial charge in [0.05, 0.1) is 5.56 Å². The first-order valence-electron chi connectivity index (χ1n) is 6.48. The van der Waals surface area contributed by atoms with Crippen molar-refractivity contribution in [2.24, 2.45) is 0 Å². The van der Waals surface area contributed by atoms with E-state index in [0.29, 0.717) is 0 Å². The Hall–Kier alpha value is -0.960. The molecule has 1 aliphatic carbocycles. The van der Waals surface area contributed by atoms with Gasteiger partial charge in [-0.1, -0.05) is 25.6 Å². The van der Waals surface area contributed by atoms with Crippen LogP contribution in [-0.2, 0) is 19.4 Å². The lowest BCUT2D eigenvalue weighted by atomic mass is 9.90. The van der Waals surface area contributed by atoms with E-state index in [1.54, 1.807) is 0 Å². The molecule has 1 aliphatic rings. The molecule has 17 heavy (non-hydrogen) atoms. The van der Waals surface area contributed by atoms with Crippen LogP contribution in [0.15, 0.2) is 6.20 Å². The lowest BCUT2D eigenvalue weighted by Crippen LogP contribution is -2.13. The number of nitrogens with zero attached hydrogens (tertiary/aromatic N) is 1. The summed E-state index contributed by atoms with van der Waals surface area (Å²) in [4.78, 5) is 11.2. The maximum atomic E-state index is 11.2. The number of aryl methyl sites for hydroxylation is 2. The Bertz CT molecular complexity index is 476. The SMILES string of the molecule is CCCCn1cc2c(c(C=O)c1=S)CCCC2. The van der Waals surface area contributed by atoms with Crippen molar-refractivity contribution >= 4 is 18.5 Å². The largest absolute Gasteiger partial charge is 0.338 e. The van der Waals surface area contributed by atoms with Crippen LogP contribution in [0.5, 0.6) is 0 Å².